The maximum Gasteiger partial charge on any atom is 0.220 e. The molecule has 114 valence electrons. The number of benzene rings is 1. The molecule has 0 aliphatic rings. The molecule has 0 aliphatic heterocycles. The first-order valence-electron chi connectivity index (χ1n) is 7.52. The van der Waals surface area contributed by atoms with Crippen molar-refractivity contribution >= 4 is 28.2 Å². The summed E-state index contributed by atoms with van der Waals surface area (Å²) in [5.41, 5.74) is 0.858. The molecule has 1 N–H and O–H groups in total. The summed E-state index contributed by atoms with van der Waals surface area (Å²) in [4.78, 5) is 13.4. The van der Waals surface area contributed by atoms with Gasteiger partial charge in [-0.1, -0.05) is 24.3 Å². The quantitative estimate of drug-likeness (QED) is 0.717. The zero-order chi connectivity index (χ0) is 15.4. The van der Waals surface area contributed by atoms with Crippen LogP contribution in [0.2, 0.25) is 0 Å². The number of nitrogens with one attached hydrogen (secondary N) is 1. The summed E-state index contributed by atoms with van der Waals surface area (Å²) in [6.45, 7) is 1.95. The number of carbonyl (C=O) groups is 1. The maximum absolute atomic E-state index is 12.0. The van der Waals surface area contributed by atoms with Crippen molar-refractivity contribution in [2.45, 2.75) is 32.2 Å². The van der Waals surface area contributed by atoms with Gasteiger partial charge in [-0.15, -0.1) is 11.3 Å². The van der Waals surface area contributed by atoms with Crippen molar-refractivity contribution < 1.29 is 9.21 Å². The normalized spacial score (nSPS) is 12.4. The third-order valence-corrected chi connectivity index (χ3v) is 4.59. The van der Waals surface area contributed by atoms with Gasteiger partial charge in [0.05, 0.1) is 6.04 Å². The predicted octanol–water partition coefficient (Wildman–Crippen LogP) is 4.69. The molecular formula is C18H19NO2S. The van der Waals surface area contributed by atoms with Crippen LogP contribution in [0.25, 0.3) is 11.0 Å². The lowest BCUT2D eigenvalue weighted by molar-refractivity contribution is -0.121. The summed E-state index contributed by atoms with van der Waals surface area (Å²) in [5.74, 6) is 0.873. The molecule has 0 fully saturated rings. The van der Waals surface area contributed by atoms with Gasteiger partial charge in [-0.25, -0.2) is 0 Å². The zero-order valence-electron chi connectivity index (χ0n) is 12.5. The summed E-state index contributed by atoms with van der Waals surface area (Å²) in [5, 5.41) is 6.14. The molecule has 3 nitrogen and oxygen atoms in total. The topological polar surface area (TPSA) is 42.2 Å². The second-order valence-electron chi connectivity index (χ2n) is 5.41. The minimum atomic E-state index is -0.110. The third-order valence-electron chi connectivity index (χ3n) is 3.66. The smallest absolute Gasteiger partial charge is 0.220 e. The fourth-order valence-corrected chi connectivity index (χ4v) is 3.23. The Morgan fingerprint density at radius 3 is 2.91 bits per heavy atom. The van der Waals surface area contributed by atoms with Crippen LogP contribution in [-0.2, 0) is 11.2 Å². The summed E-state index contributed by atoms with van der Waals surface area (Å²) in [6, 6.07) is 13.9. The van der Waals surface area contributed by atoms with E-state index in [1.807, 2.05) is 43.3 Å². The maximum atomic E-state index is 12.0. The Bertz CT molecular complexity index is 712. The van der Waals surface area contributed by atoms with Crippen LogP contribution in [0.3, 0.4) is 0 Å². The summed E-state index contributed by atoms with van der Waals surface area (Å²) in [7, 11) is 0. The van der Waals surface area contributed by atoms with E-state index in [9.17, 15) is 4.79 Å². The van der Waals surface area contributed by atoms with Crippen LogP contribution in [0.1, 0.15) is 36.4 Å². The highest BCUT2D eigenvalue weighted by Crippen LogP contribution is 2.23. The van der Waals surface area contributed by atoms with E-state index in [-0.39, 0.29) is 11.9 Å². The van der Waals surface area contributed by atoms with Crippen LogP contribution in [0, 0.1) is 0 Å². The number of amides is 1. The Morgan fingerprint density at radius 2 is 2.14 bits per heavy atom. The van der Waals surface area contributed by atoms with Gasteiger partial charge < -0.3 is 9.73 Å². The van der Waals surface area contributed by atoms with Gasteiger partial charge in [-0.05, 0) is 43.3 Å². The predicted molar refractivity (Wildman–Crippen MR) is 90.0 cm³/mol. The molecule has 3 aromatic rings. The van der Waals surface area contributed by atoms with E-state index in [0.717, 1.165) is 29.6 Å². The van der Waals surface area contributed by atoms with Gasteiger partial charge in [0.15, 0.2) is 0 Å². The number of para-hydroxylation sites is 1. The first kappa shape index (κ1) is 14.9. The Morgan fingerprint density at radius 1 is 1.27 bits per heavy atom. The van der Waals surface area contributed by atoms with E-state index in [2.05, 4.69) is 16.8 Å². The van der Waals surface area contributed by atoms with Gasteiger partial charge in [-0.2, -0.15) is 0 Å². The fraction of sp³-hybridized carbons (Fsp3) is 0.278. The second kappa shape index (κ2) is 6.79. The standard InChI is InChI=1S/C18H19NO2S/c1-13(17-12-14-6-2-3-9-16(14)21-17)19-18(20)10-4-7-15-8-5-11-22-15/h2-3,5-6,8-9,11-13H,4,7,10H2,1H3,(H,19,20). The van der Waals surface area contributed by atoms with Crippen molar-refractivity contribution in [3.8, 4) is 0 Å². The first-order valence-corrected chi connectivity index (χ1v) is 8.40. The molecule has 1 aromatic carbocycles. The number of carbonyl (C=O) groups excluding carboxylic acids is 1. The molecule has 0 bridgehead atoms. The molecule has 0 radical (unpaired) electrons. The van der Waals surface area contributed by atoms with Gasteiger partial charge in [-0.3, -0.25) is 4.79 Å². The number of rotatable bonds is 6. The van der Waals surface area contributed by atoms with Crippen molar-refractivity contribution in [2.24, 2.45) is 0 Å². The van der Waals surface area contributed by atoms with E-state index in [4.69, 9.17) is 4.42 Å². The van der Waals surface area contributed by atoms with Gasteiger partial charge >= 0.3 is 0 Å². The molecule has 2 heterocycles. The Hall–Kier alpha value is -2.07. The first-order chi connectivity index (χ1) is 10.7. The molecule has 1 atom stereocenters. The van der Waals surface area contributed by atoms with E-state index in [1.165, 1.54) is 4.88 Å². The lowest BCUT2D eigenvalue weighted by Gasteiger charge is -2.11. The van der Waals surface area contributed by atoms with Gasteiger partial charge in [0.2, 0.25) is 5.91 Å². The van der Waals surface area contributed by atoms with Crippen LogP contribution < -0.4 is 5.32 Å². The third kappa shape index (κ3) is 3.57. The fourth-order valence-electron chi connectivity index (χ4n) is 2.48. The van der Waals surface area contributed by atoms with E-state index >= 15 is 0 Å². The highest BCUT2D eigenvalue weighted by Gasteiger charge is 2.13. The summed E-state index contributed by atoms with van der Waals surface area (Å²) < 4.78 is 5.78. The minimum absolute atomic E-state index is 0.0736. The van der Waals surface area contributed by atoms with Crippen LogP contribution in [0.5, 0.6) is 0 Å². The van der Waals surface area contributed by atoms with Crippen LogP contribution in [-0.4, -0.2) is 5.91 Å². The number of hydrogen-bond donors (Lipinski definition) is 1. The molecule has 3 rings (SSSR count). The molecule has 0 spiro atoms. The SMILES string of the molecule is CC(NC(=O)CCCc1cccs1)c1cc2ccccc2o1. The van der Waals surface area contributed by atoms with Crippen LogP contribution in [0.15, 0.2) is 52.3 Å². The van der Waals surface area contributed by atoms with Gasteiger partial charge in [0.1, 0.15) is 11.3 Å². The molecular weight excluding hydrogens is 294 g/mol. The summed E-state index contributed by atoms with van der Waals surface area (Å²) in [6.07, 6.45) is 2.38. The monoisotopic (exact) mass is 313 g/mol. The molecule has 0 saturated carbocycles. The van der Waals surface area contributed by atoms with Crippen LogP contribution >= 0.6 is 11.3 Å². The number of aryl methyl sites for hydroxylation is 1. The van der Waals surface area contributed by atoms with E-state index in [0.29, 0.717) is 6.42 Å². The molecule has 1 unspecified atom stereocenters. The van der Waals surface area contributed by atoms with Crippen LogP contribution in [0.4, 0.5) is 0 Å². The number of hydrogen-bond acceptors (Lipinski definition) is 3. The number of fused-ring (bicyclic) bond motifs is 1. The zero-order valence-corrected chi connectivity index (χ0v) is 13.4. The highest BCUT2D eigenvalue weighted by atomic mass is 32.1. The number of furan rings is 1. The Kier molecular flexibility index (Phi) is 4.59. The Labute approximate surface area is 134 Å². The van der Waals surface area contributed by atoms with Gasteiger partial charge in [0.25, 0.3) is 0 Å². The van der Waals surface area contributed by atoms with E-state index < -0.39 is 0 Å². The average molecular weight is 313 g/mol. The van der Waals surface area contributed by atoms with Crippen molar-refractivity contribution in [3.63, 3.8) is 0 Å². The lowest BCUT2D eigenvalue weighted by Crippen LogP contribution is -2.26. The molecule has 1 amide bonds. The second-order valence-corrected chi connectivity index (χ2v) is 6.44. The highest BCUT2D eigenvalue weighted by molar-refractivity contribution is 7.09. The Balaban J connectivity index is 1.52. The van der Waals surface area contributed by atoms with Gasteiger partial charge in [0, 0.05) is 16.7 Å². The van der Waals surface area contributed by atoms with Crippen molar-refractivity contribution in [1.29, 1.82) is 0 Å². The molecule has 4 heteroatoms. The summed E-state index contributed by atoms with van der Waals surface area (Å²) >= 11 is 1.74. The minimum Gasteiger partial charge on any atom is -0.459 e. The molecule has 0 aliphatic carbocycles. The van der Waals surface area contributed by atoms with Crippen molar-refractivity contribution in [3.05, 3.63) is 58.5 Å². The molecule has 0 saturated heterocycles. The van der Waals surface area contributed by atoms with Crippen molar-refractivity contribution in [2.75, 3.05) is 0 Å². The largest absolute Gasteiger partial charge is 0.459 e. The van der Waals surface area contributed by atoms with E-state index in [1.54, 1.807) is 11.3 Å². The molecule has 22 heavy (non-hydrogen) atoms. The molecule has 2 aromatic heterocycles. The van der Waals surface area contributed by atoms with Crippen molar-refractivity contribution in [1.82, 2.24) is 5.32 Å². The number of thiophene rings is 1. The lowest BCUT2D eigenvalue weighted by atomic mass is 10.2. The average Bonchev–Trinajstić information content (AvgIpc) is 3.16.